The standard InChI is InChI=1S/C19H26N2O6/c1-4-26-19(25)17-12(2)18(20-13(17)3)14(22)11-27-16(24)10-21-9-7-5-6-8-15(21)23/h20H,4-11H2,1-3H3. The Morgan fingerprint density at radius 1 is 1.11 bits per heavy atom. The molecule has 2 rings (SSSR count). The van der Waals surface area contributed by atoms with Gasteiger partial charge in [0.1, 0.15) is 6.54 Å². The number of aromatic amines is 1. The van der Waals surface area contributed by atoms with Crippen LogP contribution in [0.3, 0.4) is 0 Å². The van der Waals surface area contributed by atoms with Gasteiger partial charge < -0.3 is 19.4 Å². The minimum absolute atomic E-state index is 0.0642. The average molecular weight is 378 g/mol. The summed E-state index contributed by atoms with van der Waals surface area (Å²) in [4.78, 5) is 52.6. The summed E-state index contributed by atoms with van der Waals surface area (Å²) < 4.78 is 10.0. The molecule has 0 bridgehead atoms. The molecule has 1 aromatic rings. The maximum atomic E-state index is 12.4. The van der Waals surface area contributed by atoms with Crippen molar-refractivity contribution in [1.29, 1.82) is 0 Å². The van der Waals surface area contributed by atoms with Crippen LogP contribution in [-0.2, 0) is 19.1 Å². The lowest BCUT2D eigenvalue weighted by Crippen LogP contribution is -2.36. The Labute approximate surface area is 158 Å². The number of ether oxygens (including phenoxy) is 2. The van der Waals surface area contributed by atoms with Crippen LogP contribution in [0.4, 0.5) is 0 Å². The van der Waals surface area contributed by atoms with Gasteiger partial charge in [0.05, 0.1) is 17.9 Å². The first-order chi connectivity index (χ1) is 12.8. The van der Waals surface area contributed by atoms with Crippen molar-refractivity contribution >= 4 is 23.6 Å². The molecule has 0 saturated carbocycles. The summed E-state index contributed by atoms with van der Waals surface area (Å²) in [7, 11) is 0. The van der Waals surface area contributed by atoms with E-state index in [1.807, 2.05) is 0 Å². The molecule has 0 radical (unpaired) electrons. The zero-order valence-electron chi connectivity index (χ0n) is 16.1. The number of Topliss-reactive ketones (excluding diaryl/α,β-unsaturated/α-hetero) is 1. The summed E-state index contributed by atoms with van der Waals surface area (Å²) in [5, 5.41) is 0. The second kappa shape index (κ2) is 9.34. The number of nitrogens with zero attached hydrogens (tertiary/aromatic N) is 1. The molecule has 8 heteroatoms. The Bertz CT molecular complexity index is 737. The zero-order valence-corrected chi connectivity index (χ0v) is 16.1. The van der Waals surface area contributed by atoms with Gasteiger partial charge in [0.25, 0.3) is 0 Å². The van der Waals surface area contributed by atoms with E-state index in [4.69, 9.17) is 9.47 Å². The van der Waals surface area contributed by atoms with Crippen LogP contribution < -0.4 is 0 Å². The van der Waals surface area contributed by atoms with Gasteiger partial charge in [-0.3, -0.25) is 14.4 Å². The number of carbonyl (C=O) groups is 4. The van der Waals surface area contributed by atoms with E-state index in [0.29, 0.717) is 29.8 Å². The van der Waals surface area contributed by atoms with E-state index in [2.05, 4.69) is 4.98 Å². The number of aromatic nitrogens is 1. The maximum Gasteiger partial charge on any atom is 0.340 e. The largest absolute Gasteiger partial charge is 0.462 e. The summed E-state index contributed by atoms with van der Waals surface area (Å²) in [6.07, 6.45) is 3.08. The third kappa shape index (κ3) is 5.18. The molecule has 1 aliphatic heterocycles. The number of esters is 2. The van der Waals surface area contributed by atoms with E-state index in [-0.39, 0.29) is 24.8 Å². The van der Waals surface area contributed by atoms with Crippen LogP contribution in [0, 0.1) is 13.8 Å². The van der Waals surface area contributed by atoms with Crippen molar-refractivity contribution in [1.82, 2.24) is 9.88 Å². The molecular formula is C19H26N2O6. The molecule has 0 aromatic carbocycles. The highest BCUT2D eigenvalue weighted by Gasteiger charge is 2.24. The SMILES string of the molecule is CCOC(=O)c1c(C)[nH]c(C(=O)COC(=O)CN2CCCCCC2=O)c1C. The second-order valence-electron chi connectivity index (χ2n) is 6.56. The monoisotopic (exact) mass is 378 g/mol. The van der Waals surface area contributed by atoms with Gasteiger partial charge in [-0.25, -0.2) is 4.79 Å². The van der Waals surface area contributed by atoms with E-state index in [0.717, 1.165) is 19.3 Å². The van der Waals surface area contributed by atoms with Crippen LogP contribution in [0.15, 0.2) is 0 Å². The lowest BCUT2D eigenvalue weighted by atomic mass is 10.1. The van der Waals surface area contributed by atoms with Gasteiger partial charge in [0.2, 0.25) is 11.7 Å². The molecular weight excluding hydrogens is 352 g/mol. The molecule has 0 spiro atoms. The number of rotatable bonds is 7. The quantitative estimate of drug-likeness (QED) is 0.574. The topological polar surface area (TPSA) is 106 Å². The third-order valence-electron chi connectivity index (χ3n) is 4.55. The van der Waals surface area contributed by atoms with Crippen molar-refractivity contribution in [2.75, 3.05) is 26.3 Å². The van der Waals surface area contributed by atoms with Crippen molar-refractivity contribution in [2.24, 2.45) is 0 Å². The molecule has 0 aliphatic carbocycles. The van der Waals surface area contributed by atoms with Crippen LogP contribution in [0.5, 0.6) is 0 Å². The van der Waals surface area contributed by atoms with Crippen LogP contribution in [0.25, 0.3) is 0 Å². The summed E-state index contributed by atoms with van der Waals surface area (Å²) in [5.74, 6) is -1.63. The van der Waals surface area contributed by atoms with Gasteiger partial charge in [-0.2, -0.15) is 0 Å². The summed E-state index contributed by atoms with van der Waals surface area (Å²) in [5.41, 5.74) is 1.53. The van der Waals surface area contributed by atoms with E-state index < -0.39 is 24.3 Å². The number of hydrogen-bond donors (Lipinski definition) is 1. The van der Waals surface area contributed by atoms with E-state index in [1.165, 1.54) is 4.90 Å². The highest BCUT2D eigenvalue weighted by atomic mass is 16.5. The van der Waals surface area contributed by atoms with Crippen LogP contribution in [0.2, 0.25) is 0 Å². The minimum Gasteiger partial charge on any atom is -0.462 e. The predicted molar refractivity (Wildman–Crippen MR) is 96.6 cm³/mol. The van der Waals surface area contributed by atoms with Gasteiger partial charge in [-0.05, 0) is 39.2 Å². The predicted octanol–water partition coefficient (Wildman–Crippen LogP) is 1.94. The molecule has 1 amide bonds. The molecule has 1 N–H and O–H groups in total. The lowest BCUT2D eigenvalue weighted by molar-refractivity contribution is -0.148. The summed E-state index contributed by atoms with van der Waals surface area (Å²) >= 11 is 0. The third-order valence-corrected chi connectivity index (χ3v) is 4.55. The summed E-state index contributed by atoms with van der Waals surface area (Å²) in [6, 6.07) is 0. The summed E-state index contributed by atoms with van der Waals surface area (Å²) in [6.45, 7) is 5.18. The average Bonchev–Trinajstić information content (AvgIpc) is 2.77. The molecule has 27 heavy (non-hydrogen) atoms. The van der Waals surface area contributed by atoms with Gasteiger partial charge >= 0.3 is 11.9 Å². The van der Waals surface area contributed by atoms with Crippen molar-refractivity contribution in [3.63, 3.8) is 0 Å². The number of hydrogen-bond acceptors (Lipinski definition) is 6. The Balaban J connectivity index is 1.95. The van der Waals surface area contributed by atoms with Crippen molar-refractivity contribution < 1.29 is 28.7 Å². The van der Waals surface area contributed by atoms with Crippen molar-refractivity contribution in [3.05, 3.63) is 22.5 Å². The molecule has 1 saturated heterocycles. The first-order valence-corrected chi connectivity index (χ1v) is 9.18. The molecule has 8 nitrogen and oxygen atoms in total. The number of H-pyrrole nitrogens is 1. The van der Waals surface area contributed by atoms with Gasteiger partial charge in [-0.15, -0.1) is 0 Å². The zero-order chi connectivity index (χ0) is 20.0. The van der Waals surface area contributed by atoms with E-state index >= 15 is 0 Å². The molecule has 1 aliphatic rings. The van der Waals surface area contributed by atoms with Crippen molar-refractivity contribution in [2.45, 2.75) is 46.5 Å². The number of nitrogens with one attached hydrogen (secondary N) is 1. The fourth-order valence-electron chi connectivity index (χ4n) is 3.16. The number of likely N-dealkylation sites (tertiary alicyclic amines) is 1. The highest BCUT2D eigenvalue weighted by molar-refractivity contribution is 6.02. The first-order valence-electron chi connectivity index (χ1n) is 9.18. The molecule has 1 fully saturated rings. The van der Waals surface area contributed by atoms with E-state index in [9.17, 15) is 19.2 Å². The number of carbonyl (C=O) groups excluding carboxylic acids is 4. The molecule has 1 aromatic heterocycles. The van der Waals surface area contributed by atoms with E-state index in [1.54, 1.807) is 20.8 Å². The first kappa shape index (κ1) is 20.7. The second-order valence-corrected chi connectivity index (χ2v) is 6.56. The van der Waals surface area contributed by atoms with Crippen LogP contribution in [-0.4, -0.2) is 59.8 Å². The highest BCUT2D eigenvalue weighted by Crippen LogP contribution is 2.19. The molecule has 2 heterocycles. The lowest BCUT2D eigenvalue weighted by Gasteiger charge is -2.19. The Morgan fingerprint density at radius 3 is 2.56 bits per heavy atom. The molecule has 0 unspecified atom stereocenters. The number of aryl methyl sites for hydroxylation is 1. The number of ketones is 1. The minimum atomic E-state index is -0.620. The maximum absolute atomic E-state index is 12.4. The van der Waals surface area contributed by atoms with Gasteiger partial charge in [0, 0.05) is 18.7 Å². The fourth-order valence-corrected chi connectivity index (χ4v) is 3.16. The smallest absolute Gasteiger partial charge is 0.340 e. The normalized spacial score (nSPS) is 14.6. The Hall–Kier alpha value is -2.64. The molecule has 0 atom stereocenters. The van der Waals surface area contributed by atoms with Gasteiger partial charge in [0.15, 0.2) is 6.61 Å². The van der Waals surface area contributed by atoms with Crippen LogP contribution in [0.1, 0.15) is 64.7 Å². The fraction of sp³-hybridized carbons (Fsp3) is 0.579. The van der Waals surface area contributed by atoms with Crippen molar-refractivity contribution in [3.8, 4) is 0 Å². The molecule has 148 valence electrons. The number of amides is 1. The Morgan fingerprint density at radius 2 is 1.85 bits per heavy atom. The Kier molecular flexibility index (Phi) is 7.15. The van der Waals surface area contributed by atoms with Gasteiger partial charge in [-0.1, -0.05) is 6.42 Å². The van der Waals surface area contributed by atoms with Crippen LogP contribution >= 0.6 is 0 Å².